The zero-order valence-electron chi connectivity index (χ0n) is 11.7. The Labute approximate surface area is 111 Å². The first kappa shape index (κ1) is 13.8. The molecule has 0 aromatic rings. The van der Waals surface area contributed by atoms with E-state index in [1.807, 2.05) is 12.2 Å². The van der Waals surface area contributed by atoms with Crippen LogP contribution in [-0.2, 0) is 4.43 Å². The summed E-state index contributed by atoms with van der Waals surface area (Å²) in [5, 5.41) is 10.9. The van der Waals surface area contributed by atoms with Crippen molar-refractivity contribution in [2.24, 2.45) is 0 Å². The molecule has 2 aliphatic carbocycles. The third-order valence-electron chi connectivity index (χ3n) is 4.42. The van der Waals surface area contributed by atoms with Gasteiger partial charge in [0, 0.05) is 5.57 Å². The summed E-state index contributed by atoms with van der Waals surface area (Å²) < 4.78 is 6.33. The van der Waals surface area contributed by atoms with E-state index in [9.17, 15) is 5.11 Å². The van der Waals surface area contributed by atoms with Crippen LogP contribution in [0.5, 0.6) is 0 Å². The highest BCUT2D eigenvalue weighted by molar-refractivity contribution is 6.73. The largest absolute Gasteiger partial charge is 0.384 e. The molecule has 18 heavy (non-hydrogen) atoms. The second-order valence-corrected chi connectivity index (χ2v) is 9.94. The molecule has 100 valence electrons. The molecule has 3 heteroatoms. The topological polar surface area (TPSA) is 29.5 Å². The van der Waals surface area contributed by atoms with Crippen molar-refractivity contribution in [3.63, 3.8) is 0 Å². The Kier molecular flexibility index (Phi) is 3.95. The SMILES string of the molecule is CC[Si](CC)(CC)OC1(O)C=CC=C2CCC=C21. The molecule has 1 atom stereocenters. The Morgan fingerprint density at radius 2 is 1.94 bits per heavy atom. The normalized spacial score (nSPS) is 26.9. The minimum atomic E-state index is -1.81. The summed E-state index contributed by atoms with van der Waals surface area (Å²) in [5.74, 6) is -1.16. The van der Waals surface area contributed by atoms with E-state index in [1.54, 1.807) is 0 Å². The highest BCUT2D eigenvalue weighted by Crippen LogP contribution is 2.41. The predicted molar refractivity (Wildman–Crippen MR) is 77.8 cm³/mol. The van der Waals surface area contributed by atoms with Gasteiger partial charge in [0.25, 0.3) is 0 Å². The number of allylic oxidation sites excluding steroid dienone is 3. The minimum absolute atomic E-state index is 0.997. The van der Waals surface area contributed by atoms with E-state index in [1.165, 1.54) is 5.57 Å². The third-order valence-corrected chi connectivity index (χ3v) is 9.03. The van der Waals surface area contributed by atoms with Crippen molar-refractivity contribution in [1.82, 2.24) is 0 Å². The van der Waals surface area contributed by atoms with Gasteiger partial charge in [0.15, 0.2) is 8.32 Å². The van der Waals surface area contributed by atoms with E-state index in [4.69, 9.17) is 4.43 Å². The quantitative estimate of drug-likeness (QED) is 0.602. The maximum atomic E-state index is 10.9. The summed E-state index contributed by atoms with van der Waals surface area (Å²) in [7, 11) is -1.81. The summed E-state index contributed by atoms with van der Waals surface area (Å²) in [4.78, 5) is 0. The van der Waals surface area contributed by atoms with Crippen LogP contribution in [0.3, 0.4) is 0 Å². The van der Waals surface area contributed by atoms with Gasteiger partial charge in [-0.15, -0.1) is 0 Å². The Morgan fingerprint density at radius 3 is 2.56 bits per heavy atom. The second kappa shape index (κ2) is 5.15. The van der Waals surface area contributed by atoms with E-state index in [-0.39, 0.29) is 0 Å². The molecule has 0 aliphatic heterocycles. The van der Waals surface area contributed by atoms with Gasteiger partial charge in [-0.2, -0.15) is 0 Å². The highest BCUT2D eigenvalue weighted by Gasteiger charge is 2.43. The number of hydrogen-bond donors (Lipinski definition) is 1. The molecule has 0 aromatic heterocycles. The molecule has 0 saturated heterocycles. The minimum Gasteiger partial charge on any atom is -0.384 e. The summed E-state index contributed by atoms with van der Waals surface area (Å²) in [6.45, 7) is 6.57. The molecule has 2 aliphatic rings. The molecule has 0 amide bonds. The number of hydrogen-bond acceptors (Lipinski definition) is 2. The fourth-order valence-corrected chi connectivity index (χ4v) is 5.73. The van der Waals surface area contributed by atoms with Crippen molar-refractivity contribution in [3.8, 4) is 0 Å². The van der Waals surface area contributed by atoms with Crippen molar-refractivity contribution in [2.45, 2.75) is 57.5 Å². The van der Waals surface area contributed by atoms with E-state index in [0.717, 1.165) is 36.5 Å². The van der Waals surface area contributed by atoms with E-state index < -0.39 is 14.1 Å². The summed E-state index contributed by atoms with van der Waals surface area (Å²) >= 11 is 0. The fourth-order valence-electron chi connectivity index (χ4n) is 2.96. The molecule has 1 N–H and O–H groups in total. The van der Waals surface area contributed by atoms with Gasteiger partial charge >= 0.3 is 0 Å². The second-order valence-electron chi connectivity index (χ2n) is 5.25. The number of rotatable bonds is 5. The van der Waals surface area contributed by atoms with Gasteiger partial charge in [-0.25, -0.2) is 0 Å². The molecule has 0 saturated carbocycles. The Bertz CT molecular complexity index is 396. The number of fused-ring (bicyclic) bond motifs is 1. The van der Waals surface area contributed by atoms with Gasteiger partial charge in [-0.3, -0.25) is 0 Å². The molecular weight excluding hydrogens is 240 g/mol. The summed E-state index contributed by atoms with van der Waals surface area (Å²) in [6, 6.07) is 3.17. The van der Waals surface area contributed by atoms with Crippen molar-refractivity contribution >= 4 is 8.32 Å². The van der Waals surface area contributed by atoms with Gasteiger partial charge in [-0.1, -0.05) is 39.0 Å². The molecule has 2 rings (SSSR count). The van der Waals surface area contributed by atoms with Gasteiger partial charge < -0.3 is 9.53 Å². The Morgan fingerprint density at radius 1 is 1.28 bits per heavy atom. The lowest BCUT2D eigenvalue weighted by molar-refractivity contribution is -0.0691. The lowest BCUT2D eigenvalue weighted by Gasteiger charge is -2.39. The van der Waals surface area contributed by atoms with Crippen LogP contribution in [0.15, 0.2) is 35.5 Å². The molecule has 1 unspecified atom stereocenters. The first-order chi connectivity index (χ1) is 8.59. The molecular formula is C15H24O2Si. The molecule has 0 bridgehead atoms. The lowest BCUT2D eigenvalue weighted by atomic mass is 9.95. The van der Waals surface area contributed by atoms with Crippen LogP contribution < -0.4 is 0 Å². The van der Waals surface area contributed by atoms with Crippen LogP contribution in [-0.4, -0.2) is 19.2 Å². The average Bonchev–Trinajstić information content (AvgIpc) is 2.86. The van der Waals surface area contributed by atoms with Crippen molar-refractivity contribution in [3.05, 3.63) is 35.5 Å². The van der Waals surface area contributed by atoms with Crippen LogP contribution in [0.4, 0.5) is 0 Å². The lowest BCUT2D eigenvalue weighted by Crippen LogP contribution is -2.48. The van der Waals surface area contributed by atoms with Crippen molar-refractivity contribution in [2.75, 3.05) is 0 Å². The maximum Gasteiger partial charge on any atom is 0.203 e. The highest BCUT2D eigenvalue weighted by atomic mass is 28.4. The Balaban J connectivity index is 2.27. The van der Waals surface area contributed by atoms with Crippen molar-refractivity contribution in [1.29, 1.82) is 0 Å². The molecule has 0 fully saturated rings. The van der Waals surface area contributed by atoms with E-state index in [2.05, 4.69) is 32.9 Å². The Hall–Kier alpha value is -0.643. The van der Waals surface area contributed by atoms with E-state index in [0.29, 0.717) is 0 Å². The summed E-state index contributed by atoms with van der Waals surface area (Å²) in [6.07, 6.45) is 10.0. The molecule has 0 heterocycles. The first-order valence-electron chi connectivity index (χ1n) is 7.11. The van der Waals surface area contributed by atoms with Gasteiger partial charge in [0.1, 0.15) is 0 Å². The maximum absolute atomic E-state index is 10.9. The van der Waals surface area contributed by atoms with Gasteiger partial charge in [0.2, 0.25) is 5.79 Å². The predicted octanol–water partition coefficient (Wildman–Crippen LogP) is 3.91. The van der Waals surface area contributed by atoms with Gasteiger partial charge in [0.05, 0.1) is 0 Å². The van der Waals surface area contributed by atoms with Crippen LogP contribution in [0.25, 0.3) is 0 Å². The fraction of sp³-hybridized carbons (Fsp3) is 0.600. The van der Waals surface area contributed by atoms with Gasteiger partial charge in [-0.05, 0) is 42.6 Å². The van der Waals surface area contributed by atoms with Crippen LogP contribution in [0.1, 0.15) is 33.6 Å². The molecule has 0 radical (unpaired) electrons. The molecule has 0 aromatic carbocycles. The third kappa shape index (κ3) is 2.27. The van der Waals surface area contributed by atoms with Crippen LogP contribution in [0.2, 0.25) is 18.1 Å². The number of aliphatic hydroxyl groups is 1. The smallest absolute Gasteiger partial charge is 0.203 e. The monoisotopic (exact) mass is 264 g/mol. The standard InChI is InChI=1S/C15H24O2Si/c1-4-18(5-2,6-3)17-15(16)12-8-10-13-9-7-11-14(13)15/h8,10-12,16H,4-7,9H2,1-3H3. The molecule has 0 spiro atoms. The van der Waals surface area contributed by atoms with Crippen LogP contribution >= 0.6 is 0 Å². The van der Waals surface area contributed by atoms with Crippen LogP contribution in [0, 0.1) is 0 Å². The summed E-state index contributed by atoms with van der Waals surface area (Å²) in [5.41, 5.74) is 2.24. The zero-order chi connectivity index (χ0) is 13.2. The first-order valence-corrected chi connectivity index (χ1v) is 9.64. The zero-order valence-corrected chi connectivity index (χ0v) is 12.7. The van der Waals surface area contributed by atoms with Crippen molar-refractivity contribution < 1.29 is 9.53 Å². The average molecular weight is 264 g/mol. The molecule has 2 nitrogen and oxygen atoms in total. The van der Waals surface area contributed by atoms with E-state index >= 15 is 0 Å².